The van der Waals surface area contributed by atoms with Crippen molar-refractivity contribution in [1.82, 2.24) is 24.3 Å². The third kappa shape index (κ3) is 4.07. The van der Waals surface area contributed by atoms with E-state index in [0.717, 1.165) is 23.5 Å². The molecule has 0 bridgehead atoms. The van der Waals surface area contributed by atoms with Gasteiger partial charge >= 0.3 is 0 Å². The second-order valence-corrected chi connectivity index (χ2v) is 6.81. The lowest BCUT2D eigenvalue weighted by Gasteiger charge is -2.13. The Morgan fingerprint density at radius 3 is 2.79 bits per heavy atom. The minimum atomic E-state index is 0.282. The van der Waals surface area contributed by atoms with Gasteiger partial charge in [0, 0.05) is 29.9 Å². The Morgan fingerprint density at radius 2 is 2.10 bits per heavy atom. The summed E-state index contributed by atoms with van der Waals surface area (Å²) >= 11 is 0. The molecule has 0 aliphatic heterocycles. The van der Waals surface area contributed by atoms with Gasteiger partial charge in [-0.1, -0.05) is 12.2 Å². The van der Waals surface area contributed by atoms with Crippen molar-refractivity contribution in [3.8, 4) is 17.8 Å². The number of hydrogen-bond donors (Lipinski definition) is 1. The van der Waals surface area contributed by atoms with Crippen LogP contribution in [0.3, 0.4) is 0 Å². The Balaban J connectivity index is 1.45. The van der Waals surface area contributed by atoms with Crippen LogP contribution in [0.1, 0.15) is 17.7 Å². The summed E-state index contributed by atoms with van der Waals surface area (Å²) in [6.07, 6.45) is 11.9. The Hall–Kier alpha value is -4.17. The molecule has 29 heavy (non-hydrogen) atoms. The molecule has 0 amide bonds. The van der Waals surface area contributed by atoms with Crippen LogP contribution in [0.2, 0.25) is 0 Å². The second-order valence-electron chi connectivity index (χ2n) is 6.81. The van der Waals surface area contributed by atoms with Crippen LogP contribution in [0, 0.1) is 35.5 Å². The van der Waals surface area contributed by atoms with Crippen molar-refractivity contribution in [2.45, 2.75) is 19.9 Å². The predicted octanol–water partition coefficient (Wildman–Crippen LogP) is 3.41. The van der Waals surface area contributed by atoms with Crippen molar-refractivity contribution < 1.29 is 0 Å². The normalized spacial score (nSPS) is 15.4. The molecular weight excluding hydrogens is 364 g/mol. The summed E-state index contributed by atoms with van der Waals surface area (Å²) in [7, 11) is 0. The zero-order valence-electron chi connectivity index (χ0n) is 15.8. The third-order valence-corrected chi connectivity index (χ3v) is 4.64. The van der Waals surface area contributed by atoms with E-state index in [1.54, 1.807) is 23.4 Å². The lowest BCUT2D eigenvalue weighted by atomic mass is 9.97. The average molecular weight is 382 g/mol. The van der Waals surface area contributed by atoms with Crippen molar-refractivity contribution >= 4 is 11.6 Å². The molecule has 1 aliphatic carbocycles. The fourth-order valence-electron chi connectivity index (χ4n) is 3.17. The van der Waals surface area contributed by atoms with Crippen LogP contribution in [0.4, 0.5) is 11.6 Å². The highest BCUT2D eigenvalue weighted by molar-refractivity contribution is 5.62. The topological polar surface area (TPSA) is 108 Å². The number of benzene rings is 1. The van der Waals surface area contributed by atoms with Crippen molar-refractivity contribution in [2.75, 3.05) is 5.32 Å². The molecule has 2 aromatic heterocycles. The Labute approximate surface area is 168 Å². The summed E-state index contributed by atoms with van der Waals surface area (Å²) in [6, 6.07) is 9.89. The molecule has 0 fully saturated rings. The van der Waals surface area contributed by atoms with Crippen molar-refractivity contribution in [3.63, 3.8) is 0 Å². The number of rotatable bonds is 5. The summed E-state index contributed by atoms with van der Waals surface area (Å²) in [5.74, 6) is 0.748. The summed E-state index contributed by atoms with van der Waals surface area (Å²) in [6.45, 7) is 2.59. The Bertz CT molecular complexity index is 1180. The van der Waals surface area contributed by atoms with E-state index >= 15 is 0 Å². The van der Waals surface area contributed by atoms with Gasteiger partial charge < -0.3 is 9.88 Å². The molecule has 1 aliphatic rings. The van der Waals surface area contributed by atoms with E-state index < -0.39 is 0 Å². The zero-order valence-corrected chi connectivity index (χ0v) is 15.8. The summed E-state index contributed by atoms with van der Waals surface area (Å²) in [4.78, 5) is 8.51. The van der Waals surface area contributed by atoms with Crippen LogP contribution in [0.25, 0.3) is 5.69 Å². The maximum Gasteiger partial charge on any atom is 0.246 e. The Kier molecular flexibility index (Phi) is 4.91. The van der Waals surface area contributed by atoms with Gasteiger partial charge in [0.15, 0.2) is 0 Å². The maximum absolute atomic E-state index is 9.52. The highest BCUT2D eigenvalue weighted by Crippen LogP contribution is 2.22. The van der Waals surface area contributed by atoms with Crippen LogP contribution in [0.15, 0.2) is 60.9 Å². The predicted molar refractivity (Wildman–Crippen MR) is 107 cm³/mol. The molecule has 3 aromatic rings. The fraction of sp³-hybridized carbons (Fsp3) is 0.190. The van der Waals surface area contributed by atoms with E-state index in [1.807, 2.05) is 48.0 Å². The fourth-order valence-corrected chi connectivity index (χ4v) is 3.17. The number of imidazole rings is 1. The van der Waals surface area contributed by atoms with Crippen LogP contribution in [0.5, 0.6) is 0 Å². The molecule has 0 radical (unpaired) electrons. The monoisotopic (exact) mass is 382 g/mol. The molecule has 8 heteroatoms. The molecule has 0 saturated carbocycles. The molecule has 1 unspecified atom stereocenters. The highest BCUT2D eigenvalue weighted by atomic mass is 15.4. The number of nitrogens with zero attached hydrogens (tertiary/aromatic N) is 7. The largest absolute Gasteiger partial charge is 0.323 e. The van der Waals surface area contributed by atoms with E-state index in [9.17, 15) is 5.26 Å². The first-order valence-electron chi connectivity index (χ1n) is 9.14. The molecule has 1 atom stereocenters. The lowest BCUT2D eigenvalue weighted by Crippen LogP contribution is -2.10. The van der Waals surface area contributed by atoms with E-state index in [2.05, 4.69) is 32.5 Å². The molecule has 2 heterocycles. The standard InChI is InChI=1S/C21H18N8/c1-15-11-28(13-24-15)20-7-6-19(8-18(20)10-23)26-21-25-14-29(27-21)12-17-4-2-16(9-22)3-5-17/h2-4,6-8,11,13-14,17H,5,12H2,1H3,(H,26,27). The molecule has 0 saturated heterocycles. The van der Waals surface area contributed by atoms with Crippen molar-refractivity contribution in [3.05, 3.63) is 72.1 Å². The highest BCUT2D eigenvalue weighted by Gasteiger charge is 2.12. The minimum absolute atomic E-state index is 0.282. The third-order valence-electron chi connectivity index (χ3n) is 4.64. The number of nitriles is 2. The van der Waals surface area contributed by atoms with Crippen LogP contribution in [-0.4, -0.2) is 24.3 Å². The van der Waals surface area contributed by atoms with E-state index in [1.165, 1.54) is 0 Å². The first kappa shape index (κ1) is 18.2. The SMILES string of the molecule is Cc1cn(-c2ccc(Nc3ncn(CC4C=CC(C#N)=CC4)n3)cc2C#N)cn1. The van der Waals surface area contributed by atoms with Gasteiger partial charge in [0.25, 0.3) is 0 Å². The van der Waals surface area contributed by atoms with Crippen LogP contribution < -0.4 is 5.32 Å². The summed E-state index contributed by atoms with van der Waals surface area (Å²) < 4.78 is 3.60. The maximum atomic E-state index is 9.52. The van der Waals surface area contributed by atoms with Gasteiger partial charge in [0.1, 0.15) is 12.4 Å². The smallest absolute Gasteiger partial charge is 0.246 e. The molecule has 1 N–H and O–H groups in total. The van der Waals surface area contributed by atoms with Crippen LogP contribution in [-0.2, 0) is 6.54 Å². The number of anilines is 2. The summed E-state index contributed by atoms with van der Waals surface area (Å²) in [5, 5.41) is 26.0. The molecule has 1 aromatic carbocycles. The van der Waals surface area contributed by atoms with Gasteiger partial charge in [-0.15, -0.1) is 5.10 Å². The Morgan fingerprint density at radius 1 is 1.21 bits per heavy atom. The van der Waals surface area contributed by atoms with Crippen molar-refractivity contribution in [1.29, 1.82) is 10.5 Å². The molecule has 8 nitrogen and oxygen atoms in total. The quantitative estimate of drug-likeness (QED) is 0.724. The van der Waals surface area contributed by atoms with Gasteiger partial charge in [-0.3, -0.25) is 4.68 Å². The van der Waals surface area contributed by atoms with Crippen LogP contribution >= 0.6 is 0 Å². The van der Waals surface area contributed by atoms with Gasteiger partial charge in [-0.2, -0.15) is 10.5 Å². The first-order chi connectivity index (χ1) is 14.1. The molecule has 0 spiro atoms. The van der Waals surface area contributed by atoms with E-state index in [4.69, 9.17) is 5.26 Å². The minimum Gasteiger partial charge on any atom is -0.323 e. The second kappa shape index (κ2) is 7.83. The molecule has 142 valence electrons. The number of nitrogens with one attached hydrogen (secondary N) is 1. The first-order valence-corrected chi connectivity index (χ1v) is 9.14. The zero-order chi connectivity index (χ0) is 20.2. The molecule has 4 rings (SSSR count). The number of aromatic nitrogens is 5. The van der Waals surface area contributed by atoms with Gasteiger partial charge in [0.05, 0.1) is 29.3 Å². The van der Waals surface area contributed by atoms with E-state index in [-0.39, 0.29) is 5.92 Å². The van der Waals surface area contributed by atoms with Crippen molar-refractivity contribution in [2.24, 2.45) is 5.92 Å². The summed E-state index contributed by atoms with van der Waals surface area (Å²) in [5.41, 5.74) is 3.62. The molecular formula is C21H18N8. The number of hydrogen-bond acceptors (Lipinski definition) is 6. The van der Waals surface area contributed by atoms with Gasteiger partial charge in [0.2, 0.25) is 5.95 Å². The lowest BCUT2D eigenvalue weighted by molar-refractivity contribution is 0.490. The van der Waals surface area contributed by atoms with E-state index in [0.29, 0.717) is 23.6 Å². The number of aryl methyl sites for hydroxylation is 1. The van der Waals surface area contributed by atoms with Gasteiger partial charge in [-0.05, 0) is 37.6 Å². The van der Waals surface area contributed by atoms with Gasteiger partial charge in [-0.25, -0.2) is 9.97 Å². The number of allylic oxidation sites excluding steroid dienone is 4. The average Bonchev–Trinajstić information content (AvgIpc) is 3.37.